The van der Waals surface area contributed by atoms with E-state index in [1.807, 2.05) is 0 Å². The normalized spacial score (nSPS) is 25.7. The number of sulfonamides is 1. The van der Waals surface area contributed by atoms with E-state index in [1.54, 1.807) is 11.0 Å². The Morgan fingerprint density at radius 2 is 2.15 bits per heavy atom. The number of aliphatic hydroxyl groups is 1. The zero-order chi connectivity index (χ0) is 19.2. The van der Waals surface area contributed by atoms with Gasteiger partial charge in [0.15, 0.2) is 0 Å². The van der Waals surface area contributed by atoms with Crippen LogP contribution in [0.15, 0.2) is 34.9 Å². The fraction of sp³-hybridized carbons (Fsp3) is 0.438. The number of aliphatic hydroxyl groups excluding tert-OH is 1. The van der Waals surface area contributed by atoms with Crippen LogP contribution >= 0.6 is 22.9 Å². The predicted molar refractivity (Wildman–Crippen MR) is 99.0 cm³/mol. The second kappa shape index (κ2) is 6.78. The summed E-state index contributed by atoms with van der Waals surface area (Å²) < 4.78 is 27.7. The molecule has 1 N–H and O–H groups in total. The Hall–Kier alpha value is -1.59. The number of amides is 1. The maximum atomic E-state index is 12.9. The van der Waals surface area contributed by atoms with Gasteiger partial charge in [-0.3, -0.25) is 9.78 Å². The molecule has 2 fully saturated rings. The minimum atomic E-state index is -3.67. The van der Waals surface area contributed by atoms with Gasteiger partial charge in [0.25, 0.3) is 15.9 Å². The Morgan fingerprint density at radius 3 is 2.74 bits per heavy atom. The first-order valence-electron chi connectivity index (χ1n) is 8.27. The standard InChI is InChI=1S/C16H17ClN4O4S2/c17-13-1-2-14(26-13)27(24,25)21-7-11-6-20(8-16(11,9-21)10-22)15(23)12-5-18-3-4-19-12/h1-5,11,22H,6-10H2. The van der Waals surface area contributed by atoms with Crippen molar-refractivity contribution in [3.8, 4) is 0 Å². The average Bonchev–Trinajstić information content (AvgIpc) is 3.34. The first-order chi connectivity index (χ1) is 12.9. The van der Waals surface area contributed by atoms with Crippen LogP contribution in [0.5, 0.6) is 0 Å². The first-order valence-corrected chi connectivity index (χ1v) is 10.9. The zero-order valence-electron chi connectivity index (χ0n) is 14.2. The summed E-state index contributed by atoms with van der Waals surface area (Å²) in [6.45, 7) is 0.867. The van der Waals surface area contributed by atoms with Crippen LogP contribution in [0, 0.1) is 11.3 Å². The number of hydrogen-bond donors (Lipinski definition) is 1. The molecule has 4 rings (SSSR count). The van der Waals surface area contributed by atoms with Crippen LogP contribution in [0.4, 0.5) is 0 Å². The largest absolute Gasteiger partial charge is 0.396 e. The molecule has 2 aromatic heterocycles. The number of rotatable bonds is 4. The van der Waals surface area contributed by atoms with Gasteiger partial charge in [0, 0.05) is 49.9 Å². The topological polar surface area (TPSA) is 104 Å². The second-order valence-electron chi connectivity index (χ2n) is 6.85. The van der Waals surface area contributed by atoms with Crippen molar-refractivity contribution in [2.24, 2.45) is 11.3 Å². The van der Waals surface area contributed by atoms with Crippen LogP contribution in [0.1, 0.15) is 10.5 Å². The summed E-state index contributed by atoms with van der Waals surface area (Å²) in [6, 6.07) is 3.05. The number of fused-ring (bicyclic) bond motifs is 1. The Bertz CT molecular complexity index is 968. The van der Waals surface area contributed by atoms with Crippen molar-refractivity contribution in [2.45, 2.75) is 4.21 Å². The van der Waals surface area contributed by atoms with E-state index in [2.05, 4.69) is 9.97 Å². The lowest BCUT2D eigenvalue weighted by molar-refractivity contribution is 0.0730. The lowest BCUT2D eigenvalue weighted by Crippen LogP contribution is -2.40. The molecule has 0 bridgehead atoms. The van der Waals surface area contributed by atoms with E-state index in [0.717, 1.165) is 11.3 Å². The SMILES string of the molecule is O=C(c1cnccn1)N1CC2CN(S(=O)(=O)c3ccc(Cl)s3)CC2(CO)C1. The van der Waals surface area contributed by atoms with E-state index >= 15 is 0 Å². The van der Waals surface area contributed by atoms with Gasteiger partial charge in [-0.05, 0) is 12.1 Å². The lowest BCUT2D eigenvalue weighted by atomic mass is 9.82. The number of hydrogen-bond acceptors (Lipinski definition) is 7. The van der Waals surface area contributed by atoms with Crippen molar-refractivity contribution in [3.63, 3.8) is 0 Å². The van der Waals surface area contributed by atoms with E-state index < -0.39 is 15.4 Å². The molecule has 8 nitrogen and oxygen atoms in total. The highest BCUT2D eigenvalue weighted by Gasteiger charge is 2.56. The fourth-order valence-electron chi connectivity index (χ4n) is 3.83. The van der Waals surface area contributed by atoms with E-state index in [4.69, 9.17) is 11.6 Å². The van der Waals surface area contributed by atoms with E-state index in [9.17, 15) is 18.3 Å². The summed E-state index contributed by atoms with van der Waals surface area (Å²) in [5.74, 6) is -0.405. The maximum absolute atomic E-state index is 12.9. The molecule has 2 unspecified atom stereocenters. The van der Waals surface area contributed by atoms with Crippen molar-refractivity contribution < 1.29 is 18.3 Å². The minimum Gasteiger partial charge on any atom is -0.396 e. The van der Waals surface area contributed by atoms with Gasteiger partial charge in [-0.1, -0.05) is 11.6 Å². The number of aromatic nitrogens is 2. The number of thiophene rings is 1. The Morgan fingerprint density at radius 1 is 1.33 bits per heavy atom. The van der Waals surface area contributed by atoms with Gasteiger partial charge in [0.05, 0.1) is 17.1 Å². The average molecular weight is 429 g/mol. The highest BCUT2D eigenvalue weighted by Crippen LogP contribution is 2.44. The second-order valence-corrected chi connectivity index (χ2v) is 10.7. The smallest absolute Gasteiger partial charge is 0.274 e. The number of likely N-dealkylation sites (tertiary alicyclic amines) is 1. The number of nitrogens with zero attached hydrogens (tertiary/aromatic N) is 4. The van der Waals surface area contributed by atoms with Gasteiger partial charge < -0.3 is 10.0 Å². The molecular formula is C16H17ClN4O4S2. The van der Waals surface area contributed by atoms with Gasteiger partial charge in [0.1, 0.15) is 9.90 Å². The highest BCUT2D eigenvalue weighted by atomic mass is 35.5. The first kappa shape index (κ1) is 18.8. The lowest BCUT2D eigenvalue weighted by Gasteiger charge is -2.26. The molecule has 0 spiro atoms. The zero-order valence-corrected chi connectivity index (χ0v) is 16.5. The van der Waals surface area contributed by atoms with Crippen LogP contribution in [0.3, 0.4) is 0 Å². The minimum absolute atomic E-state index is 0.145. The molecule has 2 saturated heterocycles. The molecule has 0 aliphatic carbocycles. The van der Waals surface area contributed by atoms with E-state index in [-0.39, 0.29) is 48.0 Å². The van der Waals surface area contributed by atoms with Crippen molar-refractivity contribution in [2.75, 3.05) is 32.8 Å². The van der Waals surface area contributed by atoms with Crippen LogP contribution in [0.25, 0.3) is 0 Å². The third-order valence-electron chi connectivity index (χ3n) is 5.25. The Kier molecular flexibility index (Phi) is 4.71. The molecule has 0 aromatic carbocycles. The van der Waals surface area contributed by atoms with Crippen LogP contribution in [0.2, 0.25) is 4.34 Å². The van der Waals surface area contributed by atoms with Crippen molar-refractivity contribution in [3.05, 3.63) is 40.8 Å². The Balaban J connectivity index is 1.54. The number of carbonyl (C=O) groups is 1. The Labute approximate surface area is 165 Å². The summed E-state index contributed by atoms with van der Waals surface area (Å²) >= 11 is 6.89. The van der Waals surface area contributed by atoms with Gasteiger partial charge >= 0.3 is 0 Å². The van der Waals surface area contributed by atoms with Gasteiger partial charge in [-0.2, -0.15) is 4.31 Å². The monoisotopic (exact) mass is 428 g/mol. The van der Waals surface area contributed by atoms with Crippen molar-refractivity contribution in [1.82, 2.24) is 19.2 Å². The summed E-state index contributed by atoms with van der Waals surface area (Å²) in [5.41, 5.74) is -0.435. The highest BCUT2D eigenvalue weighted by molar-refractivity contribution is 7.91. The summed E-state index contributed by atoms with van der Waals surface area (Å²) in [4.78, 5) is 22.2. The molecule has 2 aliphatic heterocycles. The van der Waals surface area contributed by atoms with Crippen LogP contribution < -0.4 is 0 Å². The van der Waals surface area contributed by atoms with E-state index in [0.29, 0.717) is 10.9 Å². The molecule has 11 heteroatoms. The molecule has 144 valence electrons. The molecule has 2 aromatic rings. The van der Waals surface area contributed by atoms with E-state index in [1.165, 1.54) is 29.0 Å². The summed E-state index contributed by atoms with van der Waals surface area (Å²) in [5, 5.41) is 10.0. The summed E-state index contributed by atoms with van der Waals surface area (Å²) in [7, 11) is -3.67. The molecule has 0 radical (unpaired) electrons. The molecule has 2 aliphatic rings. The van der Waals surface area contributed by atoms with Crippen molar-refractivity contribution >= 4 is 38.9 Å². The van der Waals surface area contributed by atoms with Gasteiger partial charge in [0.2, 0.25) is 0 Å². The van der Waals surface area contributed by atoms with Crippen molar-refractivity contribution in [1.29, 1.82) is 0 Å². The third-order valence-corrected chi connectivity index (χ3v) is 8.77. The molecule has 4 heterocycles. The molecular weight excluding hydrogens is 412 g/mol. The number of carbonyl (C=O) groups excluding carboxylic acids is 1. The third kappa shape index (κ3) is 3.15. The number of halogens is 1. The fourth-order valence-corrected chi connectivity index (χ4v) is 7.05. The quantitative estimate of drug-likeness (QED) is 0.777. The summed E-state index contributed by atoms with van der Waals surface area (Å²) in [6.07, 6.45) is 4.34. The molecule has 2 atom stereocenters. The van der Waals surface area contributed by atoms with Crippen LogP contribution in [-0.2, 0) is 10.0 Å². The molecule has 1 amide bonds. The maximum Gasteiger partial charge on any atom is 0.274 e. The van der Waals surface area contributed by atoms with Gasteiger partial charge in [-0.15, -0.1) is 11.3 Å². The molecule has 27 heavy (non-hydrogen) atoms. The predicted octanol–water partition coefficient (Wildman–Crippen LogP) is 0.947. The molecule has 0 saturated carbocycles. The van der Waals surface area contributed by atoms with Gasteiger partial charge in [-0.25, -0.2) is 13.4 Å². The van der Waals surface area contributed by atoms with Crippen LogP contribution in [-0.4, -0.2) is 71.4 Å².